The van der Waals surface area contributed by atoms with E-state index in [0.29, 0.717) is 0 Å². The van der Waals surface area contributed by atoms with Gasteiger partial charge in [0.25, 0.3) is 0 Å². The second-order valence-electron chi connectivity index (χ2n) is 1.44. The highest BCUT2D eigenvalue weighted by atomic mass is 19.2. The van der Waals surface area contributed by atoms with E-state index >= 15 is 0 Å². The van der Waals surface area contributed by atoms with Crippen molar-refractivity contribution in [3.05, 3.63) is 6.92 Å². The summed E-state index contributed by atoms with van der Waals surface area (Å²) >= 11 is 0. The van der Waals surface area contributed by atoms with Gasteiger partial charge in [0, 0.05) is 0 Å². The summed E-state index contributed by atoms with van der Waals surface area (Å²) in [4.78, 5) is 0. The molecule has 0 aromatic heterocycles. The molecule has 0 saturated heterocycles. The second kappa shape index (κ2) is 2.94. The minimum absolute atomic E-state index is 0.213. The molecule has 2 atom stereocenters. The minimum atomic E-state index is -1.55. The first-order valence-electron chi connectivity index (χ1n) is 2.29. The van der Waals surface area contributed by atoms with Gasteiger partial charge < -0.3 is 0 Å². The summed E-state index contributed by atoms with van der Waals surface area (Å²) in [7, 11) is 0. The molecule has 0 aliphatic carbocycles. The maximum absolute atomic E-state index is 11.8. The van der Waals surface area contributed by atoms with E-state index in [1.807, 2.05) is 0 Å². The van der Waals surface area contributed by atoms with Crippen LogP contribution in [0.1, 0.15) is 13.3 Å². The van der Waals surface area contributed by atoms with Gasteiger partial charge in [0.2, 0.25) is 0 Å². The summed E-state index contributed by atoms with van der Waals surface area (Å²) in [5.74, 6) is 0. The lowest BCUT2D eigenvalue weighted by molar-refractivity contribution is 0.198. The molecule has 0 bridgehead atoms. The Hall–Kier alpha value is -0.140. The van der Waals surface area contributed by atoms with Crippen LogP contribution in [0.25, 0.3) is 0 Å². The quantitative estimate of drug-likeness (QED) is 0.505. The summed E-state index contributed by atoms with van der Waals surface area (Å²) < 4.78 is 23.4. The number of halogens is 2. The van der Waals surface area contributed by atoms with Crippen molar-refractivity contribution in [3.63, 3.8) is 0 Å². The first-order valence-corrected chi connectivity index (χ1v) is 2.29. The van der Waals surface area contributed by atoms with Gasteiger partial charge >= 0.3 is 0 Å². The van der Waals surface area contributed by atoms with Crippen molar-refractivity contribution < 1.29 is 8.78 Å². The van der Waals surface area contributed by atoms with Gasteiger partial charge in [0.05, 0.1) is 0 Å². The molecular formula is C5H9F2. The summed E-state index contributed by atoms with van der Waals surface area (Å²) in [5.41, 5.74) is 0. The first-order chi connectivity index (χ1) is 3.18. The van der Waals surface area contributed by atoms with Crippen LogP contribution in [0, 0.1) is 6.92 Å². The van der Waals surface area contributed by atoms with Crippen LogP contribution < -0.4 is 0 Å². The van der Waals surface area contributed by atoms with Crippen LogP contribution >= 0.6 is 0 Å². The molecule has 0 amide bonds. The Bertz CT molecular complexity index is 43.3. The van der Waals surface area contributed by atoms with E-state index in [-0.39, 0.29) is 6.42 Å². The third-order valence-electron chi connectivity index (χ3n) is 0.782. The van der Waals surface area contributed by atoms with Crippen LogP contribution in [0.15, 0.2) is 0 Å². The lowest BCUT2D eigenvalue weighted by atomic mass is 10.2. The summed E-state index contributed by atoms with van der Waals surface area (Å²) in [5, 5.41) is 0. The normalized spacial score (nSPS) is 18.9. The Balaban J connectivity index is 3.14. The molecule has 43 valence electrons. The second-order valence-corrected chi connectivity index (χ2v) is 1.44. The van der Waals surface area contributed by atoms with Gasteiger partial charge in [0.1, 0.15) is 12.3 Å². The van der Waals surface area contributed by atoms with Crippen LogP contribution in [0.4, 0.5) is 8.78 Å². The zero-order valence-corrected chi connectivity index (χ0v) is 4.32. The highest BCUT2D eigenvalue weighted by Gasteiger charge is 2.10. The van der Waals surface area contributed by atoms with E-state index in [9.17, 15) is 8.78 Å². The Morgan fingerprint density at radius 1 is 1.57 bits per heavy atom. The topological polar surface area (TPSA) is 0 Å². The predicted octanol–water partition coefficient (Wildman–Crippen LogP) is 1.91. The molecule has 2 heteroatoms. The third-order valence-corrected chi connectivity index (χ3v) is 0.782. The zero-order chi connectivity index (χ0) is 5.86. The van der Waals surface area contributed by atoms with E-state index in [1.54, 1.807) is 6.92 Å². The van der Waals surface area contributed by atoms with Gasteiger partial charge in [-0.3, -0.25) is 0 Å². The maximum Gasteiger partial charge on any atom is 0.131 e. The van der Waals surface area contributed by atoms with Crippen molar-refractivity contribution in [2.24, 2.45) is 0 Å². The summed E-state index contributed by atoms with van der Waals surface area (Å²) in [6.45, 7) is 4.45. The molecule has 7 heavy (non-hydrogen) atoms. The van der Waals surface area contributed by atoms with Crippen LogP contribution in [-0.2, 0) is 0 Å². The molecular weight excluding hydrogens is 98.1 g/mol. The predicted molar refractivity (Wildman–Crippen MR) is 25.4 cm³/mol. The molecule has 1 radical (unpaired) electrons. The molecule has 0 heterocycles. The molecule has 2 unspecified atom stereocenters. The average molecular weight is 107 g/mol. The van der Waals surface area contributed by atoms with Gasteiger partial charge in [-0.1, -0.05) is 6.92 Å². The minimum Gasteiger partial charge on any atom is -0.244 e. The highest BCUT2D eigenvalue weighted by molar-refractivity contribution is 4.66. The van der Waals surface area contributed by atoms with Gasteiger partial charge in [-0.15, -0.1) is 0 Å². The van der Waals surface area contributed by atoms with Crippen molar-refractivity contribution >= 4 is 0 Å². The standard InChI is InChI=1S/C5H9F2/c1-3-5(7)4(2)6/h4-5H,2-3H2,1H3. The van der Waals surface area contributed by atoms with E-state index in [2.05, 4.69) is 6.92 Å². The molecule has 0 nitrogen and oxygen atoms in total. The van der Waals surface area contributed by atoms with Crippen molar-refractivity contribution in [1.29, 1.82) is 0 Å². The van der Waals surface area contributed by atoms with Gasteiger partial charge in [-0.2, -0.15) is 0 Å². The SMILES string of the molecule is [CH2]C(F)C(F)CC. The maximum atomic E-state index is 11.8. The number of hydrogen-bond donors (Lipinski definition) is 0. The van der Waals surface area contributed by atoms with E-state index < -0.39 is 12.3 Å². The van der Waals surface area contributed by atoms with Crippen LogP contribution in [0.3, 0.4) is 0 Å². The van der Waals surface area contributed by atoms with Gasteiger partial charge in [-0.25, -0.2) is 8.78 Å². The van der Waals surface area contributed by atoms with Crippen LogP contribution in [-0.4, -0.2) is 12.3 Å². The van der Waals surface area contributed by atoms with Crippen molar-refractivity contribution in [2.45, 2.75) is 25.7 Å². The lowest BCUT2D eigenvalue weighted by Crippen LogP contribution is -2.11. The smallest absolute Gasteiger partial charge is 0.131 e. The zero-order valence-electron chi connectivity index (χ0n) is 4.32. The molecule has 0 aliphatic heterocycles. The fourth-order valence-corrected chi connectivity index (χ4v) is 0.256. The molecule has 0 aliphatic rings. The summed E-state index contributed by atoms with van der Waals surface area (Å²) in [6.07, 6.45) is -2.71. The Labute approximate surface area is 42.5 Å². The van der Waals surface area contributed by atoms with Crippen molar-refractivity contribution in [1.82, 2.24) is 0 Å². The molecule has 0 rings (SSSR count). The Morgan fingerprint density at radius 3 is 2.00 bits per heavy atom. The molecule has 0 saturated carbocycles. The van der Waals surface area contributed by atoms with Gasteiger partial charge in [0.15, 0.2) is 0 Å². The lowest BCUT2D eigenvalue weighted by Gasteiger charge is -2.02. The highest BCUT2D eigenvalue weighted by Crippen LogP contribution is 2.04. The van der Waals surface area contributed by atoms with Crippen molar-refractivity contribution in [2.75, 3.05) is 0 Å². The Kier molecular flexibility index (Phi) is 2.88. The van der Waals surface area contributed by atoms with E-state index in [0.717, 1.165) is 0 Å². The number of alkyl halides is 2. The fraction of sp³-hybridized carbons (Fsp3) is 0.800. The van der Waals surface area contributed by atoms with Crippen molar-refractivity contribution in [3.8, 4) is 0 Å². The Morgan fingerprint density at radius 2 is 2.00 bits per heavy atom. The number of rotatable bonds is 2. The molecule has 0 spiro atoms. The van der Waals surface area contributed by atoms with Crippen LogP contribution in [0.5, 0.6) is 0 Å². The largest absolute Gasteiger partial charge is 0.244 e. The first kappa shape index (κ1) is 6.86. The molecule has 0 aromatic rings. The van der Waals surface area contributed by atoms with Gasteiger partial charge in [-0.05, 0) is 13.3 Å². The molecule has 0 fully saturated rings. The average Bonchev–Trinajstić information content (AvgIpc) is 1.65. The van der Waals surface area contributed by atoms with E-state index in [1.165, 1.54) is 0 Å². The van der Waals surface area contributed by atoms with Crippen LogP contribution in [0.2, 0.25) is 0 Å². The molecule has 0 aromatic carbocycles. The monoisotopic (exact) mass is 107 g/mol. The molecule has 0 N–H and O–H groups in total. The third kappa shape index (κ3) is 2.54. The fourth-order valence-electron chi connectivity index (χ4n) is 0.256. The number of hydrogen-bond acceptors (Lipinski definition) is 0. The van der Waals surface area contributed by atoms with E-state index in [4.69, 9.17) is 0 Å². The summed E-state index contributed by atoms with van der Waals surface area (Å²) in [6, 6.07) is 0.